The molecule has 0 unspecified atom stereocenters. The normalized spacial score (nSPS) is 34.0. The molecule has 0 radical (unpaired) electrons. The highest BCUT2D eigenvalue weighted by Crippen LogP contribution is 2.39. The number of pyridine rings is 1. The zero-order chi connectivity index (χ0) is 21.2. The van der Waals surface area contributed by atoms with Gasteiger partial charge in [-0.2, -0.15) is 0 Å². The Morgan fingerprint density at radius 2 is 1.97 bits per heavy atom. The van der Waals surface area contributed by atoms with E-state index in [1.54, 1.807) is 0 Å². The van der Waals surface area contributed by atoms with E-state index < -0.39 is 0 Å². The van der Waals surface area contributed by atoms with Gasteiger partial charge in [0.05, 0.1) is 18.8 Å². The molecule has 3 atom stereocenters. The number of carbonyl (C=O) groups is 1. The van der Waals surface area contributed by atoms with Crippen molar-refractivity contribution < 1.29 is 19.0 Å². The Bertz CT molecular complexity index is 774. The number of nitrogens with zero attached hydrogens (tertiary/aromatic N) is 2. The Morgan fingerprint density at radius 3 is 2.77 bits per heavy atom. The molecule has 0 aromatic carbocycles. The van der Waals surface area contributed by atoms with Gasteiger partial charge in [0.25, 0.3) is 0 Å². The number of fused-ring (bicyclic) bond motifs is 5. The van der Waals surface area contributed by atoms with Crippen molar-refractivity contribution in [3.05, 3.63) is 23.4 Å². The number of nitrogens with one attached hydrogen (secondary N) is 1. The molecule has 1 saturated carbocycles. The van der Waals surface area contributed by atoms with Gasteiger partial charge in [-0.05, 0) is 69.4 Å². The van der Waals surface area contributed by atoms with Crippen molar-refractivity contribution in [1.82, 2.24) is 15.2 Å². The minimum atomic E-state index is -0.283. The van der Waals surface area contributed by atoms with Crippen LogP contribution >= 0.6 is 0 Å². The number of amides is 1. The summed E-state index contributed by atoms with van der Waals surface area (Å²) in [5, 5.41) is 3.27. The molecule has 2 bridgehead atoms. The van der Waals surface area contributed by atoms with E-state index in [1.165, 1.54) is 11.1 Å². The second-order valence-corrected chi connectivity index (χ2v) is 9.51. The topological polar surface area (TPSA) is 72.9 Å². The summed E-state index contributed by atoms with van der Waals surface area (Å²) >= 11 is 0. The first-order valence-corrected chi connectivity index (χ1v) is 12.0. The van der Waals surface area contributed by atoms with Gasteiger partial charge in [0.15, 0.2) is 0 Å². The van der Waals surface area contributed by atoms with Crippen molar-refractivity contribution in [2.75, 3.05) is 32.9 Å². The minimum Gasteiger partial charge on any atom is -0.476 e. The van der Waals surface area contributed by atoms with Crippen LogP contribution in [0, 0.1) is 6.92 Å². The van der Waals surface area contributed by atoms with Gasteiger partial charge in [0, 0.05) is 37.5 Å². The maximum atomic E-state index is 12.7. The summed E-state index contributed by atoms with van der Waals surface area (Å²) in [5.74, 6) is 1.35. The number of rotatable bonds is 2. The third kappa shape index (κ3) is 4.59. The quantitative estimate of drug-likeness (QED) is 0.779. The predicted molar refractivity (Wildman–Crippen MR) is 116 cm³/mol. The Balaban J connectivity index is 1.31. The number of ether oxygens (including phenoxy) is 3. The van der Waals surface area contributed by atoms with Crippen LogP contribution in [0.3, 0.4) is 0 Å². The lowest BCUT2D eigenvalue weighted by Crippen LogP contribution is -2.50. The molecule has 3 fully saturated rings. The maximum Gasteiger partial charge on any atom is 0.249 e. The van der Waals surface area contributed by atoms with Crippen LogP contribution in [0.2, 0.25) is 0 Å². The molecule has 1 aromatic rings. The lowest BCUT2D eigenvalue weighted by Gasteiger charge is -2.32. The van der Waals surface area contributed by atoms with E-state index >= 15 is 0 Å². The van der Waals surface area contributed by atoms with E-state index in [2.05, 4.69) is 28.2 Å². The van der Waals surface area contributed by atoms with Crippen molar-refractivity contribution in [3.63, 3.8) is 0 Å². The minimum absolute atomic E-state index is 0.0395. The predicted octanol–water partition coefficient (Wildman–Crippen LogP) is 2.56. The zero-order valence-corrected chi connectivity index (χ0v) is 18.6. The van der Waals surface area contributed by atoms with Crippen LogP contribution in [0.1, 0.15) is 62.0 Å². The highest BCUT2D eigenvalue weighted by Gasteiger charge is 2.38. The van der Waals surface area contributed by atoms with E-state index in [0.29, 0.717) is 31.8 Å². The van der Waals surface area contributed by atoms with Crippen LogP contribution in [0.15, 0.2) is 12.3 Å². The van der Waals surface area contributed by atoms with Gasteiger partial charge in [-0.25, -0.2) is 4.98 Å². The van der Waals surface area contributed by atoms with E-state index in [9.17, 15) is 4.79 Å². The molecule has 0 spiro atoms. The largest absolute Gasteiger partial charge is 0.476 e. The third-order valence-corrected chi connectivity index (χ3v) is 7.58. The first-order valence-electron chi connectivity index (χ1n) is 12.0. The van der Waals surface area contributed by atoms with E-state index in [1.807, 2.05) is 6.20 Å². The van der Waals surface area contributed by atoms with Crippen LogP contribution in [-0.4, -0.2) is 73.0 Å². The fourth-order valence-electron chi connectivity index (χ4n) is 5.81. The number of hydrogen-bond donors (Lipinski definition) is 1. The molecule has 31 heavy (non-hydrogen) atoms. The van der Waals surface area contributed by atoms with Crippen molar-refractivity contribution in [2.45, 2.75) is 82.1 Å². The molecule has 4 aliphatic heterocycles. The Hall–Kier alpha value is -1.70. The zero-order valence-electron chi connectivity index (χ0n) is 18.6. The Labute approximate surface area is 184 Å². The summed E-state index contributed by atoms with van der Waals surface area (Å²) in [6.45, 7) is 5.87. The fraction of sp³-hybridized carbons (Fsp3) is 0.750. The van der Waals surface area contributed by atoms with Crippen LogP contribution in [0.25, 0.3) is 0 Å². The molecule has 7 heteroatoms. The second-order valence-electron chi connectivity index (χ2n) is 9.51. The maximum absolute atomic E-state index is 12.7. The summed E-state index contributed by atoms with van der Waals surface area (Å²) in [6.07, 6.45) is 8.97. The molecular weight excluding hydrogens is 394 g/mol. The summed E-state index contributed by atoms with van der Waals surface area (Å²) in [6, 6.07) is 2.38. The fourth-order valence-corrected chi connectivity index (χ4v) is 5.81. The first-order chi connectivity index (χ1) is 15.2. The molecule has 1 aromatic heterocycles. The molecule has 7 nitrogen and oxygen atoms in total. The van der Waals surface area contributed by atoms with E-state index in [0.717, 1.165) is 63.9 Å². The van der Waals surface area contributed by atoms with Crippen molar-refractivity contribution in [2.24, 2.45) is 0 Å². The van der Waals surface area contributed by atoms with Crippen molar-refractivity contribution >= 4 is 5.91 Å². The van der Waals surface area contributed by atoms with Gasteiger partial charge in [-0.15, -0.1) is 0 Å². The number of hydrogen-bond acceptors (Lipinski definition) is 6. The molecule has 6 rings (SSSR count). The second kappa shape index (κ2) is 9.43. The highest BCUT2D eigenvalue weighted by molar-refractivity contribution is 5.81. The molecule has 1 N–H and O–H groups in total. The SMILES string of the molecule is Cc1ccnc2c1C1CCC(CC1)OC[C@H]1[C@@H](NC(=O)[C@H]3CCCO3)CCN1CCO2. The average Bonchev–Trinajstić information content (AvgIpc) is 3.43. The first kappa shape index (κ1) is 21.2. The molecule has 1 aliphatic carbocycles. The number of carbonyl (C=O) groups excluding carboxylic acids is 1. The summed E-state index contributed by atoms with van der Waals surface area (Å²) in [5.41, 5.74) is 2.57. The smallest absolute Gasteiger partial charge is 0.249 e. The van der Waals surface area contributed by atoms with Crippen LogP contribution in [0.5, 0.6) is 5.88 Å². The van der Waals surface area contributed by atoms with Gasteiger partial charge in [-0.3, -0.25) is 9.69 Å². The Morgan fingerprint density at radius 1 is 1.10 bits per heavy atom. The Kier molecular flexibility index (Phi) is 6.44. The molecule has 170 valence electrons. The van der Waals surface area contributed by atoms with E-state index in [4.69, 9.17) is 14.2 Å². The summed E-state index contributed by atoms with van der Waals surface area (Å²) in [4.78, 5) is 19.7. The molecule has 5 heterocycles. The standard InChI is InChI=1S/C24H35N3O4/c1-16-8-10-25-24-22(16)17-4-6-18(7-5-17)31-15-20-19(9-11-27(20)12-14-30-24)26-23(28)21-3-2-13-29-21/h8,10,17-21H,2-7,9,11-15H2,1H3,(H,26,28)/t17?,18?,19-,20-,21+/m0/s1. The van der Waals surface area contributed by atoms with Crippen LogP contribution in [0.4, 0.5) is 0 Å². The van der Waals surface area contributed by atoms with Gasteiger partial charge in [0.2, 0.25) is 11.8 Å². The summed E-state index contributed by atoms with van der Waals surface area (Å²) < 4.78 is 18.3. The van der Waals surface area contributed by atoms with Crippen LogP contribution < -0.4 is 10.1 Å². The van der Waals surface area contributed by atoms with E-state index in [-0.39, 0.29) is 24.1 Å². The van der Waals surface area contributed by atoms with Gasteiger partial charge in [-0.1, -0.05) is 0 Å². The lowest BCUT2D eigenvalue weighted by molar-refractivity contribution is -0.131. The molecule has 2 saturated heterocycles. The molecule has 5 aliphatic rings. The van der Waals surface area contributed by atoms with Crippen molar-refractivity contribution in [3.8, 4) is 5.88 Å². The molecular formula is C24H35N3O4. The molecule has 1 amide bonds. The van der Waals surface area contributed by atoms with Crippen molar-refractivity contribution in [1.29, 1.82) is 0 Å². The number of aryl methyl sites for hydroxylation is 1. The highest BCUT2D eigenvalue weighted by atomic mass is 16.5. The van der Waals surface area contributed by atoms with Gasteiger partial charge < -0.3 is 19.5 Å². The lowest BCUT2D eigenvalue weighted by atomic mass is 9.81. The summed E-state index contributed by atoms with van der Waals surface area (Å²) in [7, 11) is 0. The van der Waals surface area contributed by atoms with Crippen LogP contribution in [-0.2, 0) is 14.3 Å². The average molecular weight is 430 g/mol. The number of aromatic nitrogens is 1. The van der Waals surface area contributed by atoms with Gasteiger partial charge >= 0.3 is 0 Å². The third-order valence-electron chi connectivity index (χ3n) is 7.58. The van der Waals surface area contributed by atoms with Gasteiger partial charge in [0.1, 0.15) is 12.7 Å². The monoisotopic (exact) mass is 429 g/mol.